The van der Waals surface area contributed by atoms with Gasteiger partial charge in [-0.2, -0.15) is 0 Å². The molecule has 2 aliphatic heterocycles. The highest BCUT2D eigenvalue weighted by Crippen LogP contribution is 2.33. The quantitative estimate of drug-likeness (QED) is 0.883. The van der Waals surface area contributed by atoms with E-state index in [9.17, 15) is 4.79 Å². The molecule has 5 nitrogen and oxygen atoms in total. The lowest BCUT2D eigenvalue weighted by Crippen LogP contribution is -2.28. The summed E-state index contributed by atoms with van der Waals surface area (Å²) in [6.07, 6.45) is 5.27. The van der Waals surface area contributed by atoms with Crippen LogP contribution in [0.15, 0.2) is 18.3 Å². The molecule has 4 heterocycles. The van der Waals surface area contributed by atoms with Crippen molar-refractivity contribution in [1.29, 1.82) is 0 Å². The predicted molar refractivity (Wildman–Crippen MR) is 97.8 cm³/mol. The number of hydrogen-bond donors (Lipinski definition) is 2. The Morgan fingerprint density at radius 3 is 3.24 bits per heavy atom. The number of thiophene rings is 1. The number of carbonyl (C=O) groups is 1. The summed E-state index contributed by atoms with van der Waals surface area (Å²) in [5.41, 5.74) is 4.77. The molecule has 4 rings (SSSR count). The predicted octanol–water partition coefficient (Wildman–Crippen LogP) is 2.88. The van der Waals surface area contributed by atoms with E-state index < -0.39 is 0 Å². The lowest BCUT2D eigenvalue weighted by atomic mass is 9.96. The van der Waals surface area contributed by atoms with Crippen LogP contribution < -0.4 is 10.6 Å². The summed E-state index contributed by atoms with van der Waals surface area (Å²) >= 11 is 1.54. The maximum atomic E-state index is 12.6. The standard InChI is InChI=1S/C19H23N3O2S/c1-12-15(14-6-7-20-9-13(14)10-21-12)11-22-19(23)18-5-4-17(25-18)16-3-2-8-24-16/h4-5,10,16,20H,2-3,6-9,11H2,1H3,(H,22,23). The lowest BCUT2D eigenvalue weighted by molar-refractivity contribution is 0.0955. The highest BCUT2D eigenvalue weighted by molar-refractivity contribution is 7.14. The van der Waals surface area contributed by atoms with Crippen LogP contribution in [0.5, 0.6) is 0 Å². The molecule has 1 amide bonds. The Balaban J connectivity index is 1.45. The van der Waals surface area contributed by atoms with Crippen molar-refractivity contribution in [2.75, 3.05) is 13.2 Å². The first-order chi connectivity index (χ1) is 12.2. The van der Waals surface area contributed by atoms with Crippen molar-refractivity contribution < 1.29 is 9.53 Å². The number of fused-ring (bicyclic) bond motifs is 1. The van der Waals surface area contributed by atoms with Crippen LogP contribution in [0, 0.1) is 6.92 Å². The number of nitrogens with zero attached hydrogens (tertiary/aromatic N) is 1. The molecule has 0 radical (unpaired) electrons. The van der Waals surface area contributed by atoms with Crippen LogP contribution in [0.1, 0.15) is 55.9 Å². The van der Waals surface area contributed by atoms with Gasteiger partial charge in [-0.3, -0.25) is 9.78 Å². The molecule has 132 valence electrons. The number of ether oxygens (including phenoxy) is 1. The maximum absolute atomic E-state index is 12.6. The van der Waals surface area contributed by atoms with Gasteiger partial charge in [-0.05, 0) is 61.6 Å². The average molecular weight is 357 g/mol. The molecule has 1 atom stereocenters. The van der Waals surface area contributed by atoms with E-state index in [-0.39, 0.29) is 12.0 Å². The van der Waals surface area contributed by atoms with E-state index in [2.05, 4.69) is 15.6 Å². The summed E-state index contributed by atoms with van der Waals surface area (Å²) in [7, 11) is 0. The van der Waals surface area contributed by atoms with Crippen LogP contribution >= 0.6 is 11.3 Å². The number of carbonyl (C=O) groups excluding carboxylic acids is 1. The number of aryl methyl sites for hydroxylation is 1. The van der Waals surface area contributed by atoms with E-state index in [4.69, 9.17) is 4.74 Å². The molecule has 0 aliphatic carbocycles. The zero-order valence-corrected chi connectivity index (χ0v) is 15.2. The molecule has 0 aromatic carbocycles. The van der Waals surface area contributed by atoms with E-state index >= 15 is 0 Å². The fourth-order valence-electron chi connectivity index (χ4n) is 3.58. The van der Waals surface area contributed by atoms with Crippen LogP contribution in [-0.4, -0.2) is 24.0 Å². The largest absolute Gasteiger partial charge is 0.373 e. The van der Waals surface area contributed by atoms with E-state index in [0.29, 0.717) is 6.54 Å². The molecule has 6 heteroatoms. The average Bonchev–Trinajstić information content (AvgIpc) is 3.32. The van der Waals surface area contributed by atoms with Gasteiger partial charge in [-0.25, -0.2) is 0 Å². The molecule has 2 aromatic heterocycles. The first kappa shape index (κ1) is 16.7. The van der Waals surface area contributed by atoms with Gasteiger partial charge in [-0.15, -0.1) is 11.3 Å². The minimum absolute atomic E-state index is 0.0137. The summed E-state index contributed by atoms with van der Waals surface area (Å²) < 4.78 is 5.70. The number of hydrogen-bond acceptors (Lipinski definition) is 5. The number of amides is 1. The molecule has 0 spiro atoms. The molecule has 2 aromatic rings. The van der Waals surface area contributed by atoms with Crippen molar-refractivity contribution in [3.05, 3.63) is 50.5 Å². The lowest BCUT2D eigenvalue weighted by Gasteiger charge is -2.21. The first-order valence-corrected chi connectivity index (χ1v) is 9.70. The van der Waals surface area contributed by atoms with Gasteiger partial charge in [0.1, 0.15) is 0 Å². The number of pyridine rings is 1. The Hall–Kier alpha value is -1.76. The Morgan fingerprint density at radius 1 is 1.48 bits per heavy atom. The molecule has 1 saturated heterocycles. The van der Waals surface area contributed by atoms with E-state index in [1.807, 2.05) is 25.3 Å². The maximum Gasteiger partial charge on any atom is 0.261 e. The van der Waals surface area contributed by atoms with Crippen LogP contribution in [0.4, 0.5) is 0 Å². The van der Waals surface area contributed by atoms with Crippen molar-refractivity contribution in [2.45, 2.75) is 45.4 Å². The summed E-state index contributed by atoms with van der Waals surface area (Å²) in [5, 5.41) is 6.45. The van der Waals surface area contributed by atoms with Gasteiger partial charge in [0, 0.05) is 36.5 Å². The minimum atomic E-state index is -0.0137. The van der Waals surface area contributed by atoms with Crippen LogP contribution in [-0.2, 0) is 24.2 Å². The number of rotatable bonds is 4. The Labute approximate surface area is 151 Å². The number of aromatic nitrogens is 1. The van der Waals surface area contributed by atoms with E-state index in [1.54, 1.807) is 11.3 Å². The molecule has 1 fully saturated rings. The van der Waals surface area contributed by atoms with Crippen molar-refractivity contribution in [2.24, 2.45) is 0 Å². The fraction of sp³-hybridized carbons (Fsp3) is 0.474. The third-order valence-electron chi connectivity index (χ3n) is 4.99. The third kappa shape index (κ3) is 3.47. The van der Waals surface area contributed by atoms with Crippen LogP contribution in [0.3, 0.4) is 0 Å². The van der Waals surface area contributed by atoms with Gasteiger partial charge < -0.3 is 15.4 Å². The zero-order valence-electron chi connectivity index (χ0n) is 14.4. The summed E-state index contributed by atoms with van der Waals surface area (Å²) in [6.45, 7) is 5.22. The van der Waals surface area contributed by atoms with Gasteiger partial charge in [0.2, 0.25) is 0 Å². The number of nitrogens with one attached hydrogen (secondary N) is 2. The van der Waals surface area contributed by atoms with Crippen molar-refractivity contribution in [3.63, 3.8) is 0 Å². The molecule has 1 unspecified atom stereocenters. The second-order valence-corrected chi connectivity index (χ2v) is 7.75. The first-order valence-electron chi connectivity index (χ1n) is 8.89. The summed E-state index contributed by atoms with van der Waals surface area (Å²) in [6, 6.07) is 3.94. The molecule has 2 N–H and O–H groups in total. The third-order valence-corrected chi connectivity index (χ3v) is 6.17. The molecular formula is C19H23N3O2S. The van der Waals surface area contributed by atoms with Crippen molar-refractivity contribution in [3.8, 4) is 0 Å². The molecular weight excluding hydrogens is 334 g/mol. The highest BCUT2D eigenvalue weighted by atomic mass is 32.1. The van der Waals surface area contributed by atoms with Crippen LogP contribution in [0.25, 0.3) is 0 Å². The molecule has 25 heavy (non-hydrogen) atoms. The van der Waals surface area contributed by atoms with Crippen molar-refractivity contribution in [1.82, 2.24) is 15.6 Å². The fourth-order valence-corrected chi connectivity index (χ4v) is 4.59. The second kappa shape index (κ2) is 7.23. The summed E-state index contributed by atoms with van der Waals surface area (Å²) in [5.74, 6) is -0.0137. The normalized spacial score (nSPS) is 19.6. The smallest absolute Gasteiger partial charge is 0.261 e. The minimum Gasteiger partial charge on any atom is -0.373 e. The van der Waals surface area contributed by atoms with E-state index in [0.717, 1.165) is 54.4 Å². The van der Waals surface area contributed by atoms with E-state index in [1.165, 1.54) is 16.7 Å². The van der Waals surface area contributed by atoms with Gasteiger partial charge in [0.15, 0.2) is 0 Å². The Bertz CT molecular complexity index is 781. The van der Waals surface area contributed by atoms with Gasteiger partial charge in [0.05, 0.1) is 11.0 Å². The van der Waals surface area contributed by atoms with Crippen molar-refractivity contribution >= 4 is 17.2 Å². The second-order valence-electron chi connectivity index (χ2n) is 6.64. The summed E-state index contributed by atoms with van der Waals surface area (Å²) in [4.78, 5) is 19.0. The molecule has 0 bridgehead atoms. The SMILES string of the molecule is Cc1ncc2c(c1CNC(=O)c1ccc(C3CCCO3)s1)CCNC2. The Kier molecular flexibility index (Phi) is 4.83. The Morgan fingerprint density at radius 2 is 2.40 bits per heavy atom. The van der Waals surface area contributed by atoms with Gasteiger partial charge >= 0.3 is 0 Å². The topological polar surface area (TPSA) is 63.2 Å². The van der Waals surface area contributed by atoms with Gasteiger partial charge in [0.25, 0.3) is 5.91 Å². The molecule has 2 aliphatic rings. The monoisotopic (exact) mass is 357 g/mol. The molecule has 0 saturated carbocycles. The van der Waals surface area contributed by atoms with Gasteiger partial charge in [-0.1, -0.05) is 0 Å². The zero-order chi connectivity index (χ0) is 17.2. The van der Waals surface area contributed by atoms with Crippen LogP contribution in [0.2, 0.25) is 0 Å². The highest BCUT2D eigenvalue weighted by Gasteiger charge is 2.21.